The van der Waals surface area contributed by atoms with Gasteiger partial charge in [-0.2, -0.15) is 0 Å². The van der Waals surface area contributed by atoms with Crippen molar-refractivity contribution in [2.75, 3.05) is 19.8 Å². The lowest BCUT2D eigenvalue weighted by Crippen LogP contribution is -2.48. The van der Waals surface area contributed by atoms with E-state index in [9.17, 15) is 0 Å². The Kier molecular flexibility index (Phi) is 2.32. The lowest BCUT2D eigenvalue weighted by Gasteiger charge is -2.41. The highest BCUT2D eigenvalue weighted by molar-refractivity contribution is 4.87. The molecule has 2 N–H and O–H groups in total. The Balaban J connectivity index is 2.33. The van der Waals surface area contributed by atoms with Gasteiger partial charge in [0.15, 0.2) is 0 Å². The molecule has 0 aromatic carbocycles. The number of hydrogen-bond acceptors (Lipinski definition) is 2. The van der Waals surface area contributed by atoms with E-state index in [-0.39, 0.29) is 0 Å². The highest BCUT2D eigenvalue weighted by Crippen LogP contribution is 2.32. The molecular weight excluding hydrogens is 126 g/mol. The van der Waals surface area contributed by atoms with Gasteiger partial charge in [-0.25, -0.2) is 0 Å². The molecule has 1 aliphatic rings. The molecule has 0 saturated carbocycles. The predicted molar refractivity (Wildman–Crippen MR) is 41.8 cm³/mol. The van der Waals surface area contributed by atoms with E-state index < -0.39 is 0 Å². The van der Waals surface area contributed by atoms with E-state index in [4.69, 9.17) is 10.5 Å². The van der Waals surface area contributed by atoms with Gasteiger partial charge in [0.25, 0.3) is 0 Å². The van der Waals surface area contributed by atoms with Gasteiger partial charge in [0, 0.05) is 12.0 Å². The molecule has 1 heterocycles. The summed E-state index contributed by atoms with van der Waals surface area (Å²) in [6.07, 6.45) is 1.21. The first-order valence-corrected chi connectivity index (χ1v) is 3.96. The quantitative estimate of drug-likeness (QED) is 0.640. The van der Waals surface area contributed by atoms with Gasteiger partial charge in [-0.3, -0.25) is 0 Å². The normalized spacial score (nSPS) is 22.8. The number of hydrogen-bond donors (Lipinski definition) is 1. The molecule has 60 valence electrons. The maximum absolute atomic E-state index is 5.64. The van der Waals surface area contributed by atoms with Crippen molar-refractivity contribution in [2.45, 2.75) is 20.3 Å². The lowest BCUT2D eigenvalue weighted by molar-refractivity contribution is -0.116. The molecule has 0 aromatic rings. The summed E-state index contributed by atoms with van der Waals surface area (Å²) in [4.78, 5) is 0. The first-order chi connectivity index (χ1) is 4.68. The smallest absolute Gasteiger partial charge is 0.0557 e. The Hall–Kier alpha value is -0.0800. The summed E-state index contributed by atoms with van der Waals surface area (Å²) in [6, 6.07) is 0. The van der Waals surface area contributed by atoms with Crippen LogP contribution in [0.4, 0.5) is 0 Å². The van der Waals surface area contributed by atoms with Crippen LogP contribution >= 0.6 is 0 Å². The van der Waals surface area contributed by atoms with Crippen LogP contribution in [-0.4, -0.2) is 19.8 Å². The maximum Gasteiger partial charge on any atom is 0.0557 e. The van der Waals surface area contributed by atoms with Gasteiger partial charge in [0.2, 0.25) is 0 Å². The predicted octanol–water partition coefficient (Wildman–Crippen LogP) is 1.01. The molecule has 1 rings (SSSR count). The molecule has 0 spiro atoms. The maximum atomic E-state index is 5.64. The first kappa shape index (κ1) is 8.02. The zero-order chi connectivity index (χ0) is 7.61. The van der Waals surface area contributed by atoms with Crippen molar-refractivity contribution in [2.24, 2.45) is 17.1 Å². The van der Waals surface area contributed by atoms with E-state index in [1.54, 1.807) is 0 Å². The zero-order valence-corrected chi connectivity index (χ0v) is 6.89. The van der Waals surface area contributed by atoms with Gasteiger partial charge in [-0.1, -0.05) is 13.8 Å². The third-order valence-corrected chi connectivity index (χ3v) is 2.09. The molecule has 2 nitrogen and oxygen atoms in total. The van der Waals surface area contributed by atoms with E-state index in [1.807, 2.05) is 0 Å². The summed E-state index contributed by atoms with van der Waals surface area (Å²) in [7, 11) is 0. The van der Waals surface area contributed by atoms with Crippen LogP contribution in [0.3, 0.4) is 0 Å². The molecule has 1 aliphatic heterocycles. The van der Waals surface area contributed by atoms with Crippen LogP contribution in [0.1, 0.15) is 20.3 Å². The second kappa shape index (κ2) is 2.89. The van der Waals surface area contributed by atoms with Gasteiger partial charge in [0.1, 0.15) is 0 Å². The zero-order valence-electron chi connectivity index (χ0n) is 6.89. The molecule has 0 unspecified atom stereocenters. The van der Waals surface area contributed by atoms with E-state index in [0.29, 0.717) is 5.41 Å². The summed E-state index contributed by atoms with van der Waals surface area (Å²) < 4.78 is 5.15. The minimum absolute atomic E-state index is 0.341. The molecule has 0 amide bonds. The van der Waals surface area contributed by atoms with Crippen molar-refractivity contribution < 1.29 is 4.74 Å². The standard InChI is InChI=1S/C8H17NO/c1-7(2)3-8(4-9)5-10-6-8/h7H,3-6,9H2,1-2H3. The van der Waals surface area contributed by atoms with Crippen molar-refractivity contribution >= 4 is 0 Å². The molecule has 2 heteroatoms. The summed E-state index contributed by atoms with van der Waals surface area (Å²) in [5.41, 5.74) is 5.98. The average molecular weight is 143 g/mol. The summed E-state index contributed by atoms with van der Waals surface area (Å²) in [6.45, 7) is 7.00. The van der Waals surface area contributed by atoms with Crippen molar-refractivity contribution in [3.05, 3.63) is 0 Å². The van der Waals surface area contributed by atoms with E-state index in [0.717, 1.165) is 25.7 Å². The summed E-state index contributed by atoms with van der Waals surface area (Å²) in [5.74, 6) is 0.743. The van der Waals surface area contributed by atoms with Gasteiger partial charge < -0.3 is 10.5 Å². The second-order valence-corrected chi connectivity index (χ2v) is 3.79. The van der Waals surface area contributed by atoms with Gasteiger partial charge in [-0.05, 0) is 12.3 Å². The first-order valence-electron chi connectivity index (χ1n) is 3.96. The SMILES string of the molecule is CC(C)CC1(CN)COC1. The highest BCUT2D eigenvalue weighted by Gasteiger charge is 2.37. The minimum atomic E-state index is 0.341. The number of rotatable bonds is 3. The van der Waals surface area contributed by atoms with E-state index in [2.05, 4.69) is 13.8 Å². The van der Waals surface area contributed by atoms with Crippen LogP contribution in [0.25, 0.3) is 0 Å². The molecule has 10 heavy (non-hydrogen) atoms. The van der Waals surface area contributed by atoms with Crippen molar-refractivity contribution in [1.29, 1.82) is 0 Å². The molecule has 0 bridgehead atoms. The number of ether oxygens (including phenoxy) is 1. The largest absolute Gasteiger partial charge is 0.380 e. The van der Waals surface area contributed by atoms with Crippen LogP contribution < -0.4 is 5.73 Å². The second-order valence-electron chi connectivity index (χ2n) is 3.79. The van der Waals surface area contributed by atoms with Crippen LogP contribution in [0.5, 0.6) is 0 Å². The Morgan fingerprint density at radius 3 is 2.20 bits per heavy atom. The Morgan fingerprint density at radius 2 is 2.10 bits per heavy atom. The summed E-state index contributed by atoms with van der Waals surface area (Å²) in [5, 5.41) is 0. The summed E-state index contributed by atoms with van der Waals surface area (Å²) >= 11 is 0. The third-order valence-electron chi connectivity index (χ3n) is 2.09. The molecule has 0 aromatic heterocycles. The fraction of sp³-hybridized carbons (Fsp3) is 1.00. The highest BCUT2D eigenvalue weighted by atomic mass is 16.5. The van der Waals surface area contributed by atoms with Gasteiger partial charge in [-0.15, -0.1) is 0 Å². The van der Waals surface area contributed by atoms with E-state index in [1.165, 1.54) is 6.42 Å². The topological polar surface area (TPSA) is 35.2 Å². The molecule has 0 atom stereocenters. The van der Waals surface area contributed by atoms with E-state index >= 15 is 0 Å². The molecule has 0 radical (unpaired) electrons. The number of nitrogens with two attached hydrogens (primary N) is 1. The van der Waals surface area contributed by atoms with Crippen LogP contribution in [0, 0.1) is 11.3 Å². The van der Waals surface area contributed by atoms with Crippen LogP contribution in [-0.2, 0) is 4.74 Å². The van der Waals surface area contributed by atoms with Gasteiger partial charge in [0.05, 0.1) is 13.2 Å². The van der Waals surface area contributed by atoms with Crippen molar-refractivity contribution in [3.8, 4) is 0 Å². The molecular formula is C8H17NO. The lowest BCUT2D eigenvalue weighted by atomic mass is 9.78. The third kappa shape index (κ3) is 1.50. The Bertz CT molecular complexity index is 102. The fourth-order valence-electron chi connectivity index (χ4n) is 1.58. The average Bonchev–Trinajstić information content (AvgIpc) is 1.78. The molecule has 1 fully saturated rings. The van der Waals surface area contributed by atoms with Crippen LogP contribution in [0.15, 0.2) is 0 Å². The van der Waals surface area contributed by atoms with Crippen molar-refractivity contribution in [1.82, 2.24) is 0 Å². The van der Waals surface area contributed by atoms with Crippen LogP contribution in [0.2, 0.25) is 0 Å². The monoisotopic (exact) mass is 143 g/mol. The molecule has 1 saturated heterocycles. The minimum Gasteiger partial charge on any atom is -0.380 e. The Labute approximate surface area is 62.7 Å². The molecule has 0 aliphatic carbocycles. The fourth-order valence-corrected chi connectivity index (χ4v) is 1.58. The Morgan fingerprint density at radius 1 is 1.50 bits per heavy atom. The van der Waals surface area contributed by atoms with Gasteiger partial charge >= 0.3 is 0 Å². The van der Waals surface area contributed by atoms with Crippen molar-refractivity contribution in [3.63, 3.8) is 0 Å².